The molecule has 1 saturated heterocycles. The SMILES string of the molecule is COc1ccc(N2N=NC3C(C)NNC3C2=O)cc1. The van der Waals surface area contributed by atoms with Gasteiger partial charge in [-0.2, -0.15) is 10.1 Å². The average molecular weight is 261 g/mol. The molecule has 2 N–H and O–H groups in total. The van der Waals surface area contributed by atoms with Crippen molar-refractivity contribution in [3.63, 3.8) is 0 Å². The zero-order chi connectivity index (χ0) is 13.4. The molecule has 0 aromatic heterocycles. The van der Waals surface area contributed by atoms with Crippen molar-refractivity contribution in [1.82, 2.24) is 10.9 Å². The molecule has 3 unspecified atom stereocenters. The van der Waals surface area contributed by atoms with Crippen LogP contribution in [0.4, 0.5) is 5.69 Å². The van der Waals surface area contributed by atoms with Crippen LogP contribution in [0.15, 0.2) is 34.6 Å². The summed E-state index contributed by atoms with van der Waals surface area (Å²) in [6, 6.07) is 6.71. The van der Waals surface area contributed by atoms with Gasteiger partial charge in [-0.3, -0.25) is 10.2 Å². The lowest BCUT2D eigenvalue weighted by atomic mass is 10.0. The highest BCUT2D eigenvalue weighted by atomic mass is 16.5. The van der Waals surface area contributed by atoms with E-state index in [1.54, 1.807) is 31.4 Å². The van der Waals surface area contributed by atoms with Crippen molar-refractivity contribution >= 4 is 11.6 Å². The van der Waals surface area contributed by atoms with Crippen molar-refractivity contribution in [1.29, 1.82) is 0 Å². The van der Waals surface area contributed by atoms with Gasteiger partial charge in [0.25, 0.3) is 5.91 Å². The van der Waals surface area contributed by atoms with Crippen molar-refractivity contribution in [2.45, 2.75) is 25.0 Å². The minimum atomic E-state index is -0.366. The van der Waals surface area contributed by atoms with Crippen molar-refractivity contribution in [2.24, 2.45) is 10.3 Å². The summed E-state index contributed by atoms with van der Waals surface area (Å²) in [7, 11) is 1.60. The summed E-state index contributed by atoms with van der Waals surface area (Å²) in [5, 5.41) is 9.53. The highest BCUT2D eigenvalue weighted by molar-refractivity contribution is 5.97. The summed E-state index contributed by atoms with van der Waals surface area (Å²) in [4.78, 5) is 12.3. The topological polar surface area (TPSA) is 78.3 Å². The minimum Gasteiger partial charge on any atom is -0.497 e. The number of amides is 1. The van der Waals surface area contributed by atoms with E-state index in [0.717, 1.165) is 5.75 Å². The number of hydrogen-bond acceptors (Lipinski definition) is 6. The average Bonchev–Trinajstić information content (AvgIpc) is 2.82. The lowest BCUT2D eigenvalue weighted by Crippen LogP contribution is -2.49. The van der Waals surface area contributed by atoms with Crippen molar-refractivity contribution < 1.29 is 9.53 Å². The van der Waals surface area contributed by atoms with Crippen molar-refractivity contribution in [2.75, 3.05) is 12.1 Å². The molecule has 0 radical (unpaired) electrons. The molecule has 19 heavy (non-hydrogen) atoms. The summed E-state index contributed by atoms with van der Waals surface area (Å²) < 4.78 is 5.09. The van der Waals surface area contributed by atoms with Gasteiger partial charge in [-0.25, -0.2) is 5.43 Å². The number of nitrogens with one attached hydrogen (secondary N) is 2. The molecular weight excluding hydrogens is 246 g/mol. The zero-order valence-corrected chi connectivity index (χ0v) is 10.7. The molecule has 7 nitrogen and oxygen atoms in total. The molecule has 0 bridgehead atoms. The Morgan fingerprint density at radius 2 is 2.00 bits per heavy atom. The van der Waals surface area contributed by atoms with Crippen LogP contribution in [0.1, 0.15) is 6.92 Å². The second-order valence-corrected chi connectivity index (χ2v) is 4.60. The predicted molar refractivity (Wildman–Crippen MR) is 68.6 cm³/mol. The second-order valence-electron chi connectivity index (χ2n) is 4.60. The van der Waals surface area contributed by atoms with E-state index in [1.807, 2.05) is 6.92 Å². The van der Waals surface area contributed by atoms with Gasteiger partial charge >= 0.3 is 0 Å². The van der Waals surface area contributed by atoms with Crippen LogP contribution < -0.4 is 20.6 Å². The van der Waals surface area contributed by atoms with Gasteiger partial charge in [-0.1, -0.05) is 5.22 Å². The van der Waals surface area contributed by atoms with E-state index in [1.165, 1.54) is 5.01 Å². The normalized spacial score (nSPS) is 29.5. The zero-order valence-electron chi connectivity index (χ0n) is 10.7. The molecule has 2 heterocycles. The van der Waals surface area contributed by atoms with Crippen LogP contribution in [-0.2, 0) is 4.79 Å². The third kappa shape index (κ3) is 1.96. The number of carbonyl (C=O) groups is 1. The Balaban J connectivity index is 1.87. The fourth-order valence-corrected chi connectivity index (χ4v) is 2.24. The molecule has 1 amide bonds. The van der Waals surface area contributed by atoms with Gasteiger partial charge in [-0.05, 0) is 31.2 Å². The summed E-state index contributed by atoms with van der Waals surface area (Å²) in [5.74, 6) is 0.624. The lowest BCUT2D eigenvalue weighted by Gasteiger charge is -2.26. The Kier molecular flexibility index (Phi) is 2.92. The third-order valence-electron chi connectivity index (χ3n) is 3.39. The number of fused-ring (bicyclic) bond motifs is 1. The number of anilines is 1. The lowest BCUT2D eigenvalue weighted by molar-refractivity contribution is -0.121. The van der Waals surface area contributed by atoms with Crippen LogP contribution in [0.3, 0.4) is 0 Å². The van der Waals surface area contributed by atoms with Crippen molar-refractivity contribution in [3.05, 3.63) is 24.3 Å². The first-order chi connectivity index (χ1) is 9.20. The van der Waals surface area contributed by atoms with Gasteiger partial charge in [-0.15, -0.1) is 0 Å². The quantitative estimate of drug-likeness (QED) is 0.819. The first kappa shape index (κ1) is 12.1. The van der Waals surface area contributed by atoms with E-state index in [0.29, 0.717) is 5.69 Å². The Morgan fingerprint density at radius 3 is 2.68 bits per heavy atom. The third-order valence-corrected chi connectivity index (χ3v) is 3.39. The molecular formula is C12H15N5O2. The maximum Gasteiger partial charge on any atom is 0.269 e. The number of rotatable bonds is 2. The van der Waals surface area contributed by atoms with Crippen LogP contribution in [0.5, 0.6) is 5.75 Å². The Labute approximate surface area is 110 Å². The number of hydrazine groups is 1. The number of nitrogens with zero attached hydrogens (tertiary/aromatic N) is 3. The molecule has 0 spiro atoms. The number of hydrogen-bond donors (Lipinski definition) is 2. The predicted octanol–water partition coefficient (Wildman–Crippen LogP) is 0.642. The number of benzene rings is 1. The molecule has 0 aliphatic carbocycles. The summed E-state index contributed by atoms with van der Waals surface area (Å²) in [5.41, 5.74) is 6.65. The van der Waals surface area contributed by atoms with Crippen LogP contribution in [-0.4, -0.2) is 31.1 Å². The molecule has 2 aliphatic heterocycles. The Hall–Kier alpha value is -1.99. The van der Waals surface area contributed by atoms with Crippen LogP contribution in [0.25, 0.3) is 0 Å². The van der Waals surface area contributed by atoms with E-state index in [2.05, 4.69) is 21.2 Å². The molecule has 2 aliphatic rings. The minimum absolute atomic E-state index is 0.0933. The van der Waals surface area contributed by atoms with Crippen molar-refractivity contribution in [3.8, 4) is 5.75 Å². The number of carbonyl (C=O) groups excluding carboxylic acids is 1. The highest BCUT2D eigenvalue weighted by Gasteiger charge is 2.43. The van der Waals surface area contributed by atoms with Gasteiger partial charge in [0.1, 0.15) is 17.8 Å². The highest BCUT2D eigenvalue weighted by Crippen LogP contribution is 2.26. The second kappa shape index (κ2) is 4.60. The molecule has 1 aromatic rings. The maximum atomic E-state index is 12.3. The van der Waals surface area contributed by atoms with Crippen LogP contribution in [0.2, 0.25) is 0 Å². The molecule has 1 aromatic carbocycles. The monoisotopic (exact) mass is 261 g/mol. The first-order valence-corrected chi connectivity index (χ1v) is 6.10. The summed E-state index contributed by atoms with van der Waals surface area (Å²) in [6.45, 7) is 1.97. The van der Waals surface area contributed by atoms with Crippen LogP contribution in [0, 0.1) is 0 Å². The van der Waals surface area contributed by atoms with Gasteiger partial charge in [0, 0.05) is 6.04 Å². The molecule has 0 saturated carbocycles. The molecule has 3 rings (SSSR count). The standard InChI is InChI=1S/C12H15N5O2/c1-7-10-11(14-13-7)12(18)17(16-15-10)8-3-5-9(19-2)6-4-8/h3-7,10-11,13-14H,1-2H3. The Morgan fingerprint density at radius 1 is 1.26 bits per heavy atom. The number of methoxy groups -OCH3 is 1. The smallest absolute Gasteiger partial charge is 0.269 e. The van der Waals surface area contributed by atoms with E-state index in [-0.39, 0.29) is 24.0 Å². The molecule has 7 heteroatoms. The largest absolute Gasteiger partial charge is 0.497 e. The van der Waals surface area contributed by atoms with Gasteiger partial charge < -0.3 is 4.74 Å². The van der Waals surface area contributed by atoms with Crippen LogP contribution >= 0.6 is 0 Å². The number of ether oxygens (including phenoxy) is 1. The molecule has 1 fully saturated rings. The van der Waals surface area contributed by atoms with E-state index in [9.17, 15) is 4.79 Å². The van der Waals surface area contributed by atoms with Gasteiger partial charge in [0.15, 0.2) is 0 Å². The molecule has 3 atom stereocenters. The van der Waals surface area contributed by atoms with E-state index in [4.69, 9.17) is 4.74 Å². The maximum absolute atomic E-state index is 12.3. The van der Waals surface area contributed by atoms with Gasteiger partial charge in [0.2, 0.25) is 0 Å². The van der Waals surface area contributed by atoms with E-state index >= 15 is 0 Å². The van der Waals surface area contributed by atoms with Gasteiger partial charge in [0.05, 0.1) is 12.8 Å². The Bertz CT molecular complexity index is 515. The summed E-state index contributed by atoms with van der Waals surface area (Å²) >= 11 is 0. The fraction of sp³-hybridized carbons (Fsp3) is 0.417. The van der Waals surface area contributed by atoms with E-state index < -0.39 is 0 Å². The summed E-state index contributed by atoms with van der Waals surface area (Å²) in [6.07, 6.45) is 0. The fourth-order valence-electron chi connectivity index (χ4n) is 2.24. The molecule has 100 valence electrons. The first-order valence-electron chi connectivity index (χ1n) is 6.10.